The molecule has 18 heavy (non-hydrogen) atoms. The zero-order valence-corrected chi connectivity index (χ0v) is 11.5. The number of carbonyl (C=O) groups excluding carboxylic acids is 1. The Morgan fingerprint density at radius 1 is 1.22 bits per heavy atom. The summed E-state index contributed by atoms with van der Waals surface area (Å²) in [5.41, 5.74) is 2.55. The van der Waals surface area contributed by atoms with Gasteiger partial charge < -0.3 is 0 Å². The lowest BCUT2D eigenvalue weighted by atomic mass is 10.0. The van der Waals surface area contributed by atoms with Crippen LogP contribution in [0.5, 0.6) is 0 Å². The van der Waals surface area contributed by atoms with E-state index in [-0.39, 0.29) is 18.0 Å². The molecule has 0 aliphatic carbocycles. The van der Waals surface area contributed by atoms with E-state index in [0.29, 0.717) is 10.0 Å². The molecule has 0 spiro atoms. The van der Waals surface area contributed by atoms with Crippen molar-refractivity contribution in [3.63, 3.8) is 0 Å². The molecule has 0 aliphatic rings. The number of aryl methyl sites for hydroxylation is 1. The molecule has 0 atom stereocenters. The van der Waals surface area contributed by atoms with E-state index >= 15 is 0 Å². The fourth-order valence-corrected chi connectivity index (χ4v) is 2.18. The molecule has 2 aromatic carbocycles. The zero-order chi connectivity index (χ0) is 13.1. The smallest absolute Gasteiger partial charge is 0.167 e. The van der Waals surface area contributed by atoms with Crippen LogP contribution in [0.15, 0.2) is 46.9 Å². The maximum Gasteiger partial charge on any atom is 0.167 e. The molecule has 2 rings (SSSR count). The fourth-order valence-electron chi connectivity index (χ4n) is 1.76. The minimum Gasteiger partial charge on any atom is -0.294 e. The molecule has 92 valence electrons. The van der Waals surface area contributed by atoms with Crippen LogP contribution in [0, 0.1) is 12.7 Å². The number of benzene rings is 2. The zero-order valence-electron chi connectivity index (χ0n) is 9.91. The van der Waals surface area contributed by atoms with E-state index in [9.17, 15) is 9.18 Å². The summed E-state index contributed by atoms with van der Waals surface area (Å²) in [6.07, 6.45) is 0.280. The second kappa shape index (κ2) is 5.44. The van der Waals surface area contributed by atoms with Gasteiger partial charge >= 0.3 is 0 Å². The first-order chi connectivity index (χ1) is 8.56. The van der Waals surface area contributed by atoms with Crippen molar-refractivity contribution in [1.82, 2.24) is 0 Å². The van der Waals surface area contributed by atoms with Crippen molar-refractivity contribution in [3.8, 4) is 0 Å². The van der Waals surface area contributed by atoms with E-state index < -0.39 is 0 Å². The Hall–Kier alpha value is -1.48. The minimum absolute atomic E-state index is 0.0391. The first kappa shape index (κ1) is 13.0. The second-order valence-corrected chi connectivity index (χ2v) is 5.07. The van der Waals surface area contributed by atoms with Crippen molar-refractivity contribution in [1.29, 1.82) is 0 Å². The van der Waals surface area contributed by atoms with Gasteiger partial charge in [-0.25, -0.2) is 4.39 Å². The van der Waals surface area contributed by atoms with Crippen molar-refractivity contribution in [2.24, 2.45) is 0 Å². The Labute approximate surface area is 114 Å². The highest BCUT2D eigenvalue weighted by Crippen LogP contribution is 2.18. The van der Waals surface area contributed by atoms with E-state index in [0.717, 1.165) is 11.1 Å². The Balaban J connectivity index is 2.18. The molecule has 0 saturated heterocycles. The number of hydrogen-bond donors (Lipinski definition) is 0. The van der Waals surface area contributed by atoms with E-state index in [4.69, 9.17) is 0 Å². The molecule has 0 aliphatic heterocycles. The maximum atomic E-state index is 13.1. The van der Waals surface area contributed by atoms with Crippen LogP contribution < -0.4 is 0 Å². The monoisotopic (exact) mass is 306 g/mol. The van der Waals surface area contributed by atoms with E-state index in [1.54, 1.807) is 18.2 Å². The van der Waals surface area contributed by atoms with Crippen molar-refractivity contribution in [3.05, 3.63) is 69.4 Å². The number of halogens is 2. The van der Waals surface area contributed by atoms with Gasteiger partial charge in [-0.3, -0.25) is 4.79 Å². The highest BCUT2D eigenvalue weighted by molar-refractivity contribution is 9.10. The molecule has 0 radical (unpaired) electrons. The van der Waals surface area contributed by atoms with Crippen molar-refractivity contribution < 1.29 is 9.18 Å². The third-order valence-corrected chi connectivity index (χ3v) is 3.30. The summed E-state index contributed by atoms with van der Waals surface area (Å²) in [5, 5.41) is 0. The lowest BCUT2D eigenvalue weighted by Crippen LogP contribution is -2.03. The molecule has 0 amide bonds. The van der Waals surface area contributed by atoms with Crippen LogP contribution in [0.1, 0.15) is 21.5 Å². The van der Waals surface area contributed by atoms with Gasteiger partial charge in [-0.15, -0.1) is 0 Å². The number of carbonyl (C=O) groups is 1. The molecule has 1 nitrogen and oxygen atoms in total. The van der Waals surface area contributed by atoms with E-state index in [2.05, 4.69) is 15.9 Å². The Morgan fingerprint density at radius 2 is 2.00 bits per heavy atom. The summed E-state index contributed by atoms with van der Waals surface area (Å²) in [7, 11) is 0. The second-order valence-electron chi connectivity index (χ2n) is 4.22. The minimum atomic E-state index is -0.318. The van der Waals surface area contributed by atoms with Gasteiger partial charge in [-0.05, 0) is 46.6 Å². The largest absolute Gasteiger partial charge is 0.294 e. The van der Waals surface area contributed by atoms with Gasteiger partial charge in [0.2, 0.25) is 0 Å². The van der Waals surface area contributed by atoms with Crippen molar-refractivity contribution >= 4 is 21.7 Å². The SMILES string of the molecule is Cc1cccc(C(=O)Cc2ccc(F)c(Br)c2)c1. The van der Waals surface area contributed by atoms with Crippen molar-refractivity contribution in [2.45, 2.75) is 13.3 Å². The highest BCUT2D eigenvalue weighted by atomic mass is 79.9. The molecule has 0 unspecified atom stereocenters. The topological polar surface area (TPSA) is 17.1 Å². The van der Waals surface area contributed by atoms with Gasteiger partial charge in [0, 0.05) is 12.0 Å². The molecule has 0 heterocycles. The van der Waals surface area contributed by atoms with E-state index in [1.165, 1.54) is 6.07 Å². The van der Waals surface area contributed by atoms with Crippen LogP contribution in [0.25, 0.3) is 0 Å². The Kier molecular flexibility index (Phi) is 3.92. The van der Waals surface area contributed by atoms with Crippen LogP contribution in [-0.4, -0.2) is 5.78 Å². The summed E-state index contributed by atoms with van der Waals surface area (Å²) in [5.74, 6) is -0.279. The first-order valence-corrected chi connectivity index (χ1v) is 6.39. The van der Waals surface area contributed by atoms with Crippen LogP contribution >= 0.6 is 15.9 Å². The average molecular weight is 307 g/mol. The van der Waals surface area contributed by atoms with Crippen LogP contribution in [0.3, 0.4) is 0 Å². The average Bonchev–Trinajstić information content (AvgIpc) is 2.34. The molecule has 0 bridgehead atoms. The van der Waals surface area contributed by atoms with Crippen LogP contribution in [0.4, 0.5) is 4.39 Å². The molecule has 3 heteroatoms. The lowest BCUT2D eigenvalue weighted by molar-refractivity contribution is 0.0993. The molecule has 2 aromatic rings. The van der Waals surface area contributed by atoms with Crippen LogP contribution in [-0.2, 0) is 6.42 Å². The third-order valence-electron chi connectivity index (χ3n) is 2.69. The molecule has 0 aromatic heterocycles. The summed E-state index contributed by atoms with van der Waals surface area (Å²) in [6.45, 7) is 1.95. The molecular formula is C15H12BrFO. The predicted octanol–water partition coefficient (Wildman–Crippen LogP) is 4.32. The van der Waals surface area contributed by atoms with Gasteiger partial charge in [0.15, 0.2) is 5.78 Å². The first-order valence-electron chi connectivity index (χ1n) is 5.60. The Morgan fingerprint density at radius 3 is 2.67 bits per heavy atom. The summed E-state index contributed by atoms with van der Waals surface area (Å²) < 4.78 is 13.5. The predicted molar refractivity (Wildman–Crippen MR) is 73.3 cm³/mol. The van der Waals surface area contributed by atoms with Gasteiger partial charge in [-0.2, -0.15) is 0 Å². The number of ketones is 1. The number of rotatable bonds is 3. The highest BCUT2D eigenvalue weighted by Gasteiger charge is 2.08. The van der Waals surface area contributed by atoms with E-state index in [1.807, 2.05) is 25.1 Å². The third kappa shape index (κ3) is 3.05. The standard InChI is InChI=1S/C15H12BrFO/c1-10-3-2-4-12(7-10)15(18)9-11-5-6-14(17)13(16)8-11/h2-8H,9H2,1H3. The molecule has 0 N–H and O–H groups in total. The van der Waals surface area contributed by atoms with Gasteiger partial charge in [-0.1, -0.05) is 29.8 Å². The van der Waals surface area contributed by atoms with Crippen molar-refractivity contribution in [2.75, 3.05) is 0 Å². The molecule has 0 saturated carbocycles. The number of hydrogen-bond acceptors (Lipinski definition) is 1. The summed E-state index contributed by atoms with van der Waals surface area (Å²) >= 11 is 3.12. The fraction of sp³-hybridized carbons (Fsp3) is 0.133. The lowest BCUT2D eigenvalue weighted by Gasteiger charge is -2.04. The summed E-state index contributed by atoms with van der Waals surface area (Å²) in [4.78, 5) is 12.1. The van der Waals surface area contributed by atoms with Gasteiger partial charge in [0.25, 0.3) is 0 Å². The van der Waals surface area contributed by atoms with Gasteiger partial charge in [0.1, 0.15) is 5.82 Å². The quantitative estimate of drug-likeness (QED) is 0.772. The maximum absolute atomic E-state index is 13.1. The number of Topliss-reactive ketones (excluding diaryl/α,β-unsaturated/α-hetero) is 1. The molecular weight excluding hydrogens is 295 g/mol. The van der Waals surface area contributed by atoms with Crippen LogP contribution in [0.2, 0.25) is 0 Å². The Bertz CT molecular complexity index is 593. The van der Waals surface area contributed by atoms with Gasteiger partial charge in [0.05, 0.1) is 4.47 Å². The molecule has 0 fully saturated rings. The normalized spacial score (nSPS) is 10.4. The summed E-state index contributed by atoms with van der Waals surface area (Å²) in [6, 6.07) is 12.1.